The monoisotopic (exact) mass is 242 g/mol. The molecule has 1 heterocycles. The summed E-state index contributed by atoms with van der Waals surface area (Å²) in [5.74, 6) is 0.711. The fourth-order valence-corrected chi connectivity index (χ4v) is 2.10. The Balaban J connectivity index is 0.000000304. The number of piperidine rings is 1. The number of rotatable bonds is 5. The summed E-state index contributed by atoms with van der Waals surface area (Å²) in [6, 6.07) is 0. The van der Waals surface area contributed by atoms with Gasteiger partial charge in [-0.25, -0.2) is 0 Å². The van der Waals surface area contributed by atoms with Crippen LogP contribution in [0, 0.1) is 5.92 Å². The Labute approximate surface area is 107 Å². The SMILES string of the molecule is CC(=O)C1CCNCC1.CCCN(C)CCC. The van der Waals surface area contributed by atoms with Crippen LogP contribution in [0.3, 0.4) is 0 Å². The van der Waals surface area contributed by atoms with Crippen LogP contribution in [0.1, 0.15) is 46.5 Å². The van der Waals surface area contributed by atoms with E-state index < -0.39 is 0 Å². The average Bonchev–Trinajstić information content (AvgIpc) is 2.32. The van der Waals surface area contributed by atoms with Crippen LogP contribution in [0.25, 0.3) is 0 Å². The van der Waals surface area contributed by atoms with Crippen molar-refractivity contribution in [2.24, 2.45) is 5.92 Å². The minimum atomic E-state index is 0.353. The molecule has 0 aliphatic carbocycles. The Bertz CT molecular complexity index is 183. The largest absolute Gasteiger partial charge is 0.317 e. The highest BCUT2D eigenvalue weighted by Gasteiger charge is 2.16. The van der Waals surface area contributed by atoms with Crippen LogP contribution in [0.5, 0.6) is 0 Å². The molecule has 1 fully saturated rings. The van der Waals surface area contributed by atoms with Crippen LogP contribution in [0.4, 0.5) is 0 Å². The topological polar surface area (TPSA) is 32.3 Å². The highest BCUT2D eigenvalue weighted by molar-refractivity contribution is 5.78. The van der Waals surface area contributed by atoms with Crippen LogP contribution >= 0.6 is 0 Å². The van der Waals surface area contributed by atoms with E-state index in [9.17, 15) is 4.79 Å². The standard InChI is InChI=1S/C7H13NO.C7H17N/c1-6(9)7-2-4-8-5-3-7;1-4-6-8(3)7-5-2/h7-8H,2-5H2,1H3;4-7H2,1-3H3. The Kier molecular flexibility index (Phi) is 10.5. The number of carbonyl (C=O) groups is 1. The van der Waals surface area contributed by atoms with Crippen molar-refractivity contribution in [1.82, 2.24) is 10.2 Å². The second-order valence-electron chi connectivity index (χ2n) is 4.94. The van der Waals surface area contributed by atoms with Gasteiger partial charge in [-0.05, 0) is 65.8 Å². The lowest BCUT2D eigenvalue weighted by Crippen LogP contribution is -2.30. The molecule has 0 radical (unpaired) electrons. The molecular weight excluding hydrogens is 212 g/mol. The van der Waals surface area contributed by atoms with Gasteiger partial charge in [0.15, 0.2) is 0 Å². The molecule has 3 heteroatoms. The molecule has 0 saturated carbocycles. The van der Waals surface area contributed by atoms with E-state index in [0.29, 0.717) is 11.7 Å². The first kappa shape index (κ1) is 16.6. The van der Waals surface area contributed by atoms with E-state index in [-0.39, 0.29) is 0 Å². The van der Waals surface area contributed by atoms with E-state index in [1.807, 2.05) is 0 Å². The smallest absolute Gasteiger partial charge is 0.133 e. The molecule has 17 heavy (non-hydrogen) atoms. The van der Waals surface area contributed by atoms with Gasteiger partial charge >= 0.3 is 0 Å². The number of Topliss-reactive ketones (excluding diaryl/α,β-unsaturated/α-hetero) is 1. The van der Waals surface area contributed by atoms with Crippen LogP contribution in [-0.2, 0) is 4.79 Å². The summed E-state index contributed by atoms with van der Waals surface area (Å²) < 4.78 is 0. The average molecular weight is 242 g/mol. The summed E-state index contributed by atoms with van der Waals surface area (Å²) >= 11 is 0. The summed E-state index contributed by atoms with van der Waals surface area (Å²) in [7, 11) is 2.17. The van der Waals surface area contributed by atoms with Crippen LogP contribution in [0.2, 0.25) is 0 Å². The molecule has 0 unspecified atom stereocenters. The highest BCUT2D eigenvalue weighted by atomic mass is 16.1. The van der Waals surface area contributed by atoms with Gasteiger partial charge < -0.3 is 10.2 Å². The molecular formula is C14H30N2O. The zero-order valence-corrected chi connectivity index (χ0v) is 12.1. The van der Waals surface area contributed by atoms with Gasteiger partial charge in [-0.1, -0.05) is 13.8 Å². The fraction of sp³-hybridized carbons (Fsp3) is 0.929. The third-order valence-electron chi connectivity index (χ3n) is 3.12. The van der Waals surface area contributed by atoms with Crippen molar-refractivity contribution >= 4 is 5.78 Å². The summed E-state index contributed by atoms with van der Waals surface area (Å²) in [5.41, 5.74) is 0. The number of nitrogens with one attached hydrogen (secondary N) is 1. The molecule has 0 bridgehead atoms. The van der Waals surface area contributed by atoms with Crippen LogP contribution < -0.4 is 5.32 Å². The van der Waals surface area contributed by atoms with Crippen molar-refractivity contribution in [1.29, 1.82) is 0 Å². The molecule has 0 aromatic heterocycles. The summed E-state index contributed by atoms with van der Waals surface area (Å²) in [6.45, 7) is 10.6. The zero-order valence-electron chi connectivity index (χ0n) is 12.1. The molecule has 1 saturated heterocycles. The van der Waals surface area contributed by atoms with Gasteiger partial charge in [-0.3, -0.25) is 4.79 Å². The Morgan fingerprint density at radius 1 is 1.18 bits per heavy atom. The third-order valence-corrected chi connectivity index (χ3v) is 3.12. The maximum absolute atomic E-state index is 10.8. The van der Waals surface area contributed by atoms with Crippen LogP contribution in [-0.4, -0.2) is 43.9 Å². The molecule has 1 aliphatic rings. The first-order chi connectivity index (χ1) is 8.11. The minimum Gasteiger partial charge on any atom is -0.317 e. The number of nitrogens with zero attached hydrogens (tertiary/aromatic N) is 1. The first-order valence-electron chi connectivity index (χ1n) is 7.01. The maximum Gasteiger partial charge on any atom is 0.133 e. The molecule has 1 rings (SSSR count). The highest BCUT2D eigenvalue weighted by Crippen LogP contribution is 2.11. The second-order valence-corrected chi connectivity index (χ2v) is 4.94. The predicted molar refractivity (Wildman–Crippen MR) is 74.4 cm³/mol. The number of hydrogen-bond acceptors (Lipinski definition) is 3. The Morgan fingerprint density at radius 2 is 1.65 bits per heavy atom. The van der Waals surface area contributed by atoms with E-state index >= 15 is 0 Å². The lowest BCUT2D eigenvalue weighted by Gasteiger charge is -2.19. The van der Waals surface area contributed by atoms with Crippen molar-refractivity contribution in [2.75, 3.05) is 33.2 Å². The van der Waals surface area contributed by atoms with Crippen molar-refractivity contribution in [3.8, 4) is 0 Å². The van der Waals surface area contributed by atoms with Crippen molar-refractivity contribution in [3.05, 3.63) is 0 Å². The third kappa shape index (κ3) is 9.31. The quantitative estimate of drug-likeness (QED) is 0.803. The molecule has 0 aromatic carbocycles. The lowest BCUT2D eigenvalue weighted by atomic mass is 9.95. The van der Waals surface area contributed by atoms with E-state index in [4.69, 9.17) is 0 Å². The van der Waals surface area contributed by atoms with Gasteiger partial charge in [-0.2, -0.15) is 0 Å². The van der Waals surface area contributed by atoms with Crippen molar-refractivity contribution < 1.29 is 4.79 Å². The van der Waals surface area contributed by atoms with Gasteiger partial charge in [0.1, 0.15) is 5.78 Å². The van der Waals surface area contributed by atoms with E-state index in [1.165, 1.54) is 25.9 Å². The predicted octanol–water partition coefficient (Wildman–Crippen LogP) is 2.31. The number of ketones is 1. The molecule has 102 valence electrons. The molecule has 3 nitrogen and oxygen atoms in total. The van der Waals surface area contributed by atoms with Gasteiger partial charge in [0.25, 0.3) is 0 Å². The molecule has 0 aromatic rings. The summed E-state index contributed by atoms with van der Waals surface area (Å²) in [5, 5.41) is 3.22. The molecule has 0 spiro atoms. The summed E-state index contributed by atoms with van der Waals surface area (Å²) in [6.07, 6.45) is 4.62. The lowest BCUT2D eigenvalue weighted by molar-refractivity contribution is -0.121. The normalized spacial score (nSPS) is 16.5. The maximum atomic E-state index is 10.8. The fourth-order valence-electron chi connectivity index (χ4n) is 2.10. The van der Waals surface area contributed by atoms with Crippen molar-refractivity contribution in [2.45, 2.75) is 46.5 Å². The van der Waals surface area contributed by atoms with Crippen LogP contribution in [0.15, 0.2) is 0 Å². The van der Waals surface area contributed by atoms with Gasteiger partial charge in [0.2, 0.25) is 0 Å². The van der Waals surface area contributed by atoms with Gasteiger partial charge in [0.05, 0.1) is 0 Å². The van der Waals surface area contributed by atoms with Gasteiger partial charge in [-0.15, -0.1) is 0 Å². The summed E-state index contributed by atoms with van der Waals surface area (Å²) in [4.78, 5) is 13.1. The van der Waals surface area contributed by atoms with E-state index in [1.54, 1.807) is 6.92 Å². The van der Waals surface area contributed by atoms with E-state index in [0.717, 1.165) is 25.9 Å². The molecule has 0 atom stereocenters. The van der Waals surface area contributed by atoms with Gasteiger partial charge in [0, 0.05) is 5.92 Å². The van der Waals surface area contributed by atoms with E-state index in [2.05, 4.69) is 31.1 Å². The second kappa shape index (κ2) is 10.7. The minimum absolute atomic E-state index is 0.353. The Hall–Kier alpha value is -0.410. The number of carbonyl (C=O) groups excluding carboxylic acids is 1. The first-order valence-corrected chi connectivity index (χ1v) is 7.01. The molecule has 1 aliphatic heterocycles. The zero-order chi connectivity index (χ0) is 13.1. The molecule has 1 N–H and O–H groups in total. The Morgan fingerprint density at radius 3 is 1.94 bits per heavy atom. The van der Waals surface area contributed by atoms with Crippen molar-refractivity contribution in [3.63, 3.8) is 0 Å². The number of hydrogen-bond donors (Lipinski definition) is 1. The molecule has 0 amide bonds.